The molecule has 1 aliphatic carbocycles. The summed E-state index contributed by atoms with van der Waals surface area (Å²) in [5.74, 6) is 0. The maximum absolute atomic E-state index is 11.2. The second-order valence-electron chi connectivity index (χ2n) is 4.87. The third-order valence-electron chi connectivity index (χ3n) is 4.02. The van der Waals surface area contributed by atoms with Crippen molar-refractivity contribution in [2.75, 3.05) is 0 Å². The minimum Gasteiger partial charge on any atom is -0.376 e. The van der Waals surface area contributed by atoms with Gasteiger partial charge in [-0.25, -0.2) is 0 Å². The van der Waals surface area contributed by atoms with Crippen molar-refractivity contribution in [1.82, 2.24) is 0 Å². The summed E-state index contributed by atoms with van der Waals surface area (Å²) in [5.41, 5.74) is 4.31. The van der Waals surface area contributed by atoms with Gasteiger partial charge in [-0.05, 0) is 41.7 Å². The first-order chi connectivity index (χ1) is 8.65. The highest BCUT2D eigenvalue weighted by Crippen LogP contribution is 2.47. The van der Waals surface area contributed by atoms with Crippen LogP contribution in [0.5, 0.6) is 0 Å². The van der Waals surface area contributed by atoms with E-state index in [0.717, 1.165) is 22.3 Å². The van der Waals surface area contributed by atoms with Crippen LogP contribution < -0.4 is 0 Å². The van der Waals surface area contributed by atoms with Gasteiger partial charge in [0.2, 0.25) is 0 Å². The van der Waals surface area contributed by atoms with Crippen LogP contribution in [0.25, 0.3) is 5.57 Å². The molecule has 18 heavy (non-hydrogen) atoms. The molecule has 2 aromatic carbocycles. The predicted molar refractivity (Wildman–Crippen MR) is 74.2 cm³/mol. The summed E-state index contributed by atoms with van der Waals surface area (Å²) in [7, 11) is 0. The molecule has 1 N–H and O–H groups in total. The summed E-state index contributed by atoms with van der Waals surface area (Å²) < 4.78 is 0. The average Bonchev–Trinajstić information content (AvgIpc) is 2.64. The fourth-order valence-corrected chi connectivity index (χ4v) is 2.85. The lowest BCUT2D eigenvalue weighted by atomic mass is 9.84. The molecule has 1 heteroatoms. The van der Waals surface area contributed by atoms with Gasteiger partial charge in [0, 0.05) is 0 Å². The lowest BCUT2D eigenvalue weighted by molar-refractivity contribution is 0.125. The zero-order chi connectivity index (χ0) is 12.8. The molecule has 2 aromatic rings. The van der Waals surface area contributed by atoms with Gasteiger partial charge in [-0.2, -0.15) is 0 Å². The molecule has 0 radical (unpaired) electrons. The molecule has 1 nitrogen and oxygen atoms in total. The molecule has 1 atom stereocenters. The largest absolute Gasteiger partial charge is 0.376 e. The molecule has 3 rings (SSSR count). The molecule has 1 aliphatic rings. The maximum atomic E-state index is 11.2. The lowest BCUT2D eigenvalue weighted by Crippen LogP contribution is -2.26. The first-order valence-electron chi connectivity index (χ1n) is 6.21. The maximum Gasteiger partial charge on any atom is 0.137 e. The van der Waals surface area contributed by atoms with Crippen LogP contribution in [-0.4, -0.2) is 5.11 Å². The van der Waals surface area contributed by atoms with E-state index >= 15 is 0 Å². The molecule has 0 saturated heterocycles. The Morgan fingerprint density at radius 3 is 2.17 bits per heavy atom. The van der Waals surface area contributed by atoms with Crippen molar-refractivity contribution in [3.63, 3.8) is 0 Å². The number of allylic oxidation sites excluding steroid dienone is 1. The zero-order valence-corrected chi connectivity index (χ0v) is 10.6. The highest BCUT2D eigenvalue weighted by Gasteiger charge is 2.41. The van der Waals surface area contributed by atoms with Crippen molar-refractivity contribution in [3.05, 3.63) is 76.9 Å². The summed E-state index contributed by atoms with van der Waals surface area (Å²) in [6.07, 6.45) is 0. The van der Waals surface area contributed by atoms with E-state index < -0.39 is 5.60 Å². The Balaban J connectivity index is 2.31. The highest BCUT2D eigenvalue weighted by molar-refractivity contribution is 5.79. The van der Waals surface area contributed by atoms with E-state index in [4.69, 9.17) is 0 Å². The number of hydrogen-bond acceptors (Lipinski definition) is 1. The summed E-state index contributed by atoms with van der Waals surface area (Å²) in [5, 5.41) is 11.2. The van der Waals surface area contributed by atoms with E-state index in [2.05, 4.69) is 13.0 Å². The molecular formula is C17H16O. The van der Waals surface area contributed by atoms with Crippen LogP contribution in [0.2, 0.25) is 0 Å². The van der Waals surface area contributed by atoms with Gasteiger partial charge < -0.3 is 5.11 Å². The highest BCUT2D eigenvalue weighted by atomic mass is 16.3. The molecule has 0 aliphatic heterocycles. The van der Waals surface area contributed by atoms with E-state index in [9.17, 15) is 5.11 Å². The van der Waals surface area contributed by atoms with Crippen molar-refractivity contribution >= 4 is 5.57 Å². The number of hydrogen-bond donors (Lipinski definition) is 1. The van der Waals surface area contributed by atoms with Gasteiger partial charge in [-0.3, -0.25) is 0 Å². The fraction of sp³-hybridized carbons (Fsp3) is 0.176. The topological polar surface area (TPSA) is 20.2 Å². The van der Waals surface area contributed by atoms with E-state index in [1.807, 2.05) is 55.5 Å². The normalized spacial score (nSPS) is 22.2. The molecule has 0 heterocycles. The number of rotatable bonds is 1. The van der Waals surface area contributed by atoms with Crippen LogP contribution in [0.3, 0.4) is 0 Å². The number of fused-ring (bicyclic) bond motifs is 1. The van der Waals surface area contributed by atoms with Gasteiger partial charge in [0.15, 0.2) is 0 Å². The van der Waals surface area contributed by atoms with E-state index in [0.29, 0.717) is 0 Å². The smallest absolute Gasteiger partial charge is 0.137 e. The zero-order valence-electron chi connectivity index (χ0n) is 10.6. The Kier molecular flexibility index (Phi) is 2.39. The molecule has 0 saturated carbocycles. The molecule has 1 unspecified atom stereocenters. The second kappa shape index (κ2) is 3.82. The van der Waals surface area contributed by atoms with Gasteiger partial charge in [0.1, 0.15) is 5.60 Å². The third-order valence-corrected chi connectivity index (χ3v) is 4.02. The van der Waals surface area contributed by atoms with Crippen molar-refractivity contribution in [1.29, 1.82) is 0 Å². The number of aliphatic hydroxyl groups is 1. The average molecular weight is 236 g/mol. The van der Waals surface area contributed by atoms with Gasteiger partial charge in [-0.15, -0.1) is 0 Å². The first kappa shape index (κ1) is 11.2. The SMILES string of the molecule is CC1=C(C)C(O)(c2ccccc2)c2ccccc21. The van der Waals surface area contributed by atoms with Crippen LogP contribution in [-0.2, 0) is 5.60 Å². The minimum absolute atomic E-state index is 0.937. The number of benzene rings is 2. The van der Waals surface area contributed by atoms with Gasteiger partial charge in [0.05, 0.1) is 0 Å². The summed E-state index contributed by atoms with van der Waals surface area (Å²) in [6.45, 7) is 4.09. The van der Waals surface area contributed by atoms with Crippen LogP contribution in [0.1, 0.15) is 30.5 Å². The van der Waals surface area contributed by atoms with Crippen molar-refractivity contribution in [2.24, 2.45) is 0 Å². The molecule has 0 fully saturated rings. The van der Waals surface area contributed by atoms with E-state index in [1.54, 1.807) is 0 Å². The summed E-state index contributed by atoms with van der Waals surface area (Å²) in [4.78, 5) is 0. The standard InChI is InChI=1S/C17H16O/c1-12-13(2)17(18,14-8-4-3-5-9-14)16-11-7-6-10-15(12)16/h3-11,18H,1-2H3. The minimum atomic E-state index is -0.970. The lowest BCUT2D eigenvalue weighted by Gasteiger charge is -2.27. The molecular weight excluding hydrogens is 220 g/mol. The Hall–Kier alpha value is -1.86. The quantitative estimate of drug-likeness (QED) is 0.800. The predicted octanol–water partition coefficient (Wildman–Crippen LogP) is 3.73. The molecule has 90 valence electrons. The summed E-state index contributed by atoms with van der Waals surface area (Å²) in [6, 6.07) is 18.0. The molecule has 0 aromatic heterocycles. The third kappa shape index (κ3) is 1.31. The van der Waals surface area contributed by atoms with Gasteiger partial charge in [-0.1, -0.05) is 54.6 Å². The Morgan fingerprint density at radius 1 is 0.833 bits per heavy atom. The molecule has 0 bridgehead atoms. The fourth-order valence-electron chi connectivity index (χ4n) is 2.85. The molecule has 0 spiro atoms. The molecule has 0 amide bonds. The van der Waals surface area contributed by atoms with Gasteiger partial charge >= 0.3 is 0 Å². The van der Waals surface area contributed by atoms with E-state index in [-0.39, 0.29) is 0 Å². The Morgan fingerprint density at radius 2 is 1.44 bits per heavy atom. The van der Waals surface area contributed by atoms with Crippen LogP contribution in [0, 0.1) is 0 Å². The van der Waals surface area contributed by atoms with Crippen molar-refractivity contribution < 1.29 is 5.11 Å². The van der Waals surface area contributed by atoms with Crippen LogP contribution in [0.15, 0.2) is 60.2 Å². The first-order valence-corrected chi connectivity index (χ1v) is 6.21. The monoisotopic (exact) mass is 236 g/mol. The summed E-state index contributed by atoms with van der Waals surface area (Å²) >= 11 is 0. The van der Waals surface area contributed by atoms with Crippen molar-refractivity contribution in [2.45, 2.75) is 19.4 Å². The second-order valence-corrected chi connectivity index (χ2v) is 4.87. The Labute approximate surface area is 107 Å². The van der Waals surface area contributed by atoms with E-state index in [1.165, 1.54) is 5.57 Å². The Bertz CT molecular complexity index is 625. The van der Waals surface area contributed by atoms with Crippen LogP contribution in [0.4, 0.5) is 0 Å². The van der Waals surface area contributed by atoms with Crippen LogP contribution >= 0.6 is 0 Å². The van der Waals surface area contributed by atoms with Crippen molar-refractivity contribution in [3.8, 4) is 0 Å². The van der Waals surface area contributed by atoms with Gasteiger partial charge in [0.25, 0.3) is 0 Å².